The number of likely N-dealkylation sites (tertiary alicyclic amines) is 1. The molecular formula is C22H28N2O3. The summed E-state index contributed by atoms with van der Waals surface area (Å²) < 4.78 is 5.52. The Bertz CT molecular complexity index is 754. The first-order valence-electron chi connectivity index (χ1n) is 9.76. The fraction of sp³-hybridized carbons (Fsp3) is 0.455. The number of furan rings is 1. The third-order valence-electron chi connectivity index (χ3n) is 5.07. The van der Waals surface area contributed by atoms with E-state index in [4.69, 9.17) is 4.42 Å². The van der Waals surface area contributed by atoms with Crippen LogP contribution >= 0.6 is 0 Å². The molecule has 1 aliphatic rings. The van der Waals surface area contributed by atoms with Gasteiger partial charge in [-0.05, 0) is 43.9 Å². The molecule has 0 spiro atoms. The Morgan fingerprint density at radius 2 is 2.00 bits per heavy atom. The summed E-state index contributed by atoms with van der Waals surface area (Å²) in [6.45, 7) is 3.71. The Balaban J connectivity index is 1.41. The highest BCUT2D eigenvalue weighted by Gasteiger charge is 2.29. The van der Waals surface area contributed by atoms with Crippen molar-refractivity contribution < 1.29 is 14.0 Å². The van der Waals surface area contributed by atoms with Crippen LogP contribution in [0, 0.1) is 12.8 Å². The van der Waals surface area contributed by atoms with Crippen LogP contribution in [0.5, 0.6) is 0 Å². The molecule has 3 rings (SSSR count). The molecule has 144 valence electrons. The Labute approximate surface area is 160 Å². The molecule has 1 saturated heterocycles. The summed E-state index contributed by atoms with van der Waals surface area (Å²) in [7, 11) is 0. The monoisotopic (exact) mass is 368 g/mol. The van der Waals surface area contributed by atoms with E-state index in [0.29, 0.717) is 38.9 Å². The summed E-state index contributed by atoms with van der Waals surface area (Å²) in [6, 6.07) is 14.2. The molecule has 1 fully saturated rings. The molecule has 1 atom stereocenters. The number of piperidine rings is 1. The van der Waals surface area contributed by atoms with E-state index in [1.165, 1.54) is 5.56 Å². The highest BCUT2D eigenvalue weighted by molar-refractivity contribution is 5.83. The number of carbonyl (C=O) groups excluding carboxylic acids is 2. The smallest absolute Gasteiger partial charge is 0.224 e. The molecule has 2 heterocycles. The maximum Gasteiger partial charge on any atom is 0.224 e. The van der Waals surface area contributed by atoms with Gasteiger partial charge in [0.05, 0.1) is 5.92 Å². The maximum atomic E-state index is 12.5. The van der Waals surface area contributed by atoms with Gasteiger partial charge in [0, 0.05) is 32.5 Å². The first-order chi connectivity index (χ1) is 13.1. The molecular weight excluding hydrogens is 340 g/mol. The average molecular weight is 368 g/mol. The number of amides is 2. The van der Waals surface area contributed by atoms with Crippen LogP contribution in [-0.4, -0.2) is 36.3 Å². The second-order valence-corrected chi connectivity index (χ2v) is 7.22. The lowest BCUT2D eigenvalue weighted by Gasteiger charge is -2.32. The van der Waals surface area contributed by atoms with Gasteiger partial charge in [-0.3, -0.25) is 9.59 Å². The SMILES string of the molecule is Cc1ccc(CCNC(=O)C2CCC(=O)N(CCCc3ccccc3)C2)o1. The van der Waals surface area contributed by atoms with Gasteiger partial charge in [-0.2, -0.15) is 0 Å². The number of rotatable bonds is 8. The van der Waals surface area contributed by atoms with Gasteiger partial charge in [0.15, 0.2) is 0 Å². The van der Waals surface area contributed by atoms with E-state index in [2.05, 4.69) is 17.4 Å². The molecule has 0 radical (unpaired) electrons. The van der Waals surface area contributed by atoms with Crippen LogP contribution in [0.4, 0.5) is 0 Å². The summed E-state index contributed by atoms with van der Waals surface area (Å²) in [6.07, 6.45) is 3.65. The van der Waals surface area contributed by atoms with Gasteiger partial charge in [0.1, 0.15) is 11.5 Å². The van der Waals surface area contributed by atoms with Gasteiger partial charge in [0.2, 0.25) is 11.8 Å². The first kappa shape index (κ1) is 19.2. The van der Waals surface area contributed by atoms with Gasteiger partial charge in [0.25, 0.3) is 0 Å². The highest BCUT2D eigenvalue weighted by atomic mass is 16.3. The lowest BCUT2D eigenvalue weighted by molar-refractivity contribution is -0.138. The Morgan fingerprint density at radius 1 is 1.19 bits per heavy atom. The number of benzene rings is 1. The molecule has 5 nitrogen and oxygen atoms in total. The van der Waals surface area contributed by atoms with Crippen LogP contribution in [0.1, 0.15) is 36.3 Å². The predicted octanol–water partition coefficient (Wildman–Crippen LogP) is 3.12. The van der Waals surface area contributed by atoms with Crippen LogP contribution in [0.3, 0.4) is 0 Å². The van der Waals surface area contributed by atoms with E-state index >= 15 is 0 Å². The molecule has 2 amide bonds. The summed E-state index contributed by atoms with van der Waals surface area (Å²) in [5.41, 5.74) is 1.28. The minimum atomic E-state index is -0.113. The summed E-state index contributed by atoms with van der Waals surface area (Å²) in [4.78, 5) is 26.5. The molecule has 0 bridgehead atoms. The van der Waals surface area contributed by atoms with Gasteiger partial charge in [-0.15, -0.1) is 0 Å². The average Bonchev–Trinajstić information content (AvgIpc) is 3.09. The van der Waals surface area contributed by atoms with Gasteiger partial charge < -0.3 is 14.6 Å². The quantitative estimate of drug-likeness (QED) is 0.779. The standard InChI is InChI=1S/C22H28N2O3/c1-17-9-11-20(27-17)13-14-23-22(26)19-10-12-21(25)24(16-19)15-5-8-18-6-3-2-4-7-18/h2-4,6-7,9,11,19H,5,8,10,12-16H2,1H3,(H,23,26). The predicted molar refractivity (Wildman–Crippen MR) is 104 cm³/mol. The summed E-state index contributed by atoms with van der Waals surface area (Å²) >= 11 is 0. The van der Waals surface area contributed by atoms with Gasteiger partial charge in [-0.25, -0.2) is 0 Å². The van der Waals surface area contributed by atoms with Crippen molar-refractivity contribution in [1.29, 1.82) is 0 Å². The second-order valence-electron chi connectivity index (χ2n) is 7.22. The molecule has 27 heavy (non-hydrogen) atoms. The fourth-order valence-electron chi connectivity index (χ4n) is 3.54. The van der Waals surface area contributed by atoms with Crippen molar-refractivity contribution in [1.82, 2.24) is 10.2 Å². The number of carbonyl (C=O) groups is 2. The molecule has 2 aromatic rings. The zero-order valence-electron chi connectivity index (χ0n) is 15.9. The maximum absolute atomic E-state index is 12.5. The Morgan fingerprint density at radius 3 is 2.74 bits per heavy atom. The second kappa shape index (κ2) is 9.40. The van der Waals surface area contributed by atoms with Crippen LogP contribution in [0.2, 0.25) is 0 Å². The zero-order valence-corrected chi connectivity index (χ0v) is 15.9. The minimum Gasteiger partial charge on any atom is -0.466 e. The van der Waals surface area contributed by atoms with Crippen molar-refractivity contribution in [2.24, 2.45) is 5.92 Å². The zero-order chi connectivity index (χ0) is 19.1. The van der Waals surface area contributed by atoms with E-state index < -0.39 is 0 Å². The molecule has 1 aliphatic heterocycles. The third-order valence-corrected chi connectivity index (χ3v) is 5.07. The first-order valence-corrected chi connectivity index (χ1v) is 9.76. The van der Waals surface area contributed by atoms with E-state index in [1.54, 1.807) is 0 Å². The molecule has 1 N–H and O–H groups in total. The fourth-order valence-corrected chi connectivity index (χ4v) is 3.54. The van der Waals surface area contributed by atoms with Crippen molar-refractivity contribution in [3.8, 4) is 0 Å². The van der Waals surface area contributed by atoms with Crippen molar-refractivity contribution in [2.75, 3.05) is 19.6 Å². The topological polar surface area (TPSA) is 62.6 Å². The molecule has 5 heteroatoms. The van der Waals surface area contributed by atoms with Crippen molar-refractivity contribution in [3.05, 3.63) is 59.5 Å². The number of hydrogen-bond acceptors (Lipinski definition) is 3. The van der Waals surface area contributed by atoms with Crippen LogP contribution in [0.15, 0.2) is 46.9 Å². The van der Waals surface area contributed by atoms with Crippen molar-refractivity contribution in [2.45, 2.75) is 39.0 Å². The number of hydrogen-bond donors (Lipinski definition) is 1. The van der Waals surface area contributed by atoms with E-state index in [0.717, 1.165) is 24.4 Å². The number of aryl methyl sites for hydroxylation is 2. The normalized spacial score (nSPS) is 17.1. The van der Waals surface area contributed by atoms with Gasteiger partial charge in [-0.1, -0.05) is 30.3 Å². The van der Waals surface area contributed by atoms with Crippen LogP contribution in [0.25, 0.3) is 0 Å². The van der Waals surface area contributed by atoms with Gasteiger partial charge >= 0.3 is 0 Å². The number of nitrogens with one attached hydrogen (secondary N) is 1. The lowest BCUT2D eigenvalue weighted by Crippen LogP contribution is -2.46. The molecule has 1 aromatic carbocycles. The van der Waals surface area contributed by atoms with Crippen molar-refractivity contribution >= 4 is 11.8 Å². The van der Waals surface area contributed by atoms with Crippen molar-refractivity contribution in [3.63, 3.8) is 0 Å². The minimum absolute atomic E-state index is 0.0406. The largest absolute Gasteiger partial charge is 0.466 e. The molecule has 1 unspecified atom stereocenters. The van der Waals surface area contributed by atoms with E-state index in [-0.39, 0.29) is 17.7 Å². The molecule has 0 saturated carbocycles. The van der Waals surface area contributed by atoms with Crippen LogP contribution in [-0.2, 0) is 22.4 Å². The number of nitrogens with zero attached hydrogens (tertiary/aromatic N) is 1. The molecule has 0 aliphatic carbocycles. The summed E-state index contributed by atoms with van der Waals surface area (Å²) in [5.74, 6) is 1.86. The van der Waals surface area contributed by atoms with E-state index in [1.807, 2.05) is 42.2 Å². The summed E-state index contributed by atoms with van der Waals surface area (Å²) in [5, 5.41) is 2.99. The lowest BCUT2D eigenvalue weighted by atomic mass is 9.96. The Hall–Kier alpha value is -2.56. The molecule has 1 aromatic heterocycles. The highest BCUT2D eigenvalue weighted by Crippen LogP contribution is 2.18. The van der Waals surface area contributed by atoms with E-state index in [9.17, 15) is 9.59 Å². The third kappa shape index (κ3) is 5.71. The van der Waals surface area contributed by atoms with Crippen LogP contribution < -0.4 is 5.32 Å². The Kier molecular flexibility index (Phi) is 6.69.